The molecular formula is C25H29FN2O4. The maximum Gasteiger partial charge on any atom is 0.295 e. The lowest BCUT2D eigenvalue weighted by atomic mass is 9.95. The number of ketones is 1. The Morgan fingerprint density at radius 1 is 1.16 bits per heavy atom. The summed E-state index contributed by atoms with van der Waals surface area (Å²) in [6.07, 6.45) is 1.91. The predicted octanol–water partition coefficient (Wildman–Crippen LogP) is 3.99. The van der Waals surface area contributed by atoms with E-state index < -0.39 is 23.5 Å². The minimum atomic E-state index is -0.769. The summed E-state index contributed by atoms with van der Waals surface area (Å²) in [6.45, 7) is 3.50. The van der Waals surface area contributed by atoms with E-state index in [0.29, 0.717) is 31.0 Å². The molecule has 2 aromatic carbocycles. The average Bonchev–Trinajstić information content (AvgIpc) is 3.03. The molecule has 3 rings (SSSR count). The Bertz CT molecular complexity index is 1000. The van der Waals surface area contributed by atoms with Crippen LogP contribution in [-0.2, 0) is 9.59 Å². The molecular weight excluding hydrogens is 411 g/mol. The number of hydrogen-bond donors (Lipinski definition) is 1. The summed E-state index contributed by atoms with van der Waals surface area (Å²) in [4.78, 5) is 29.3. The highest BCUT2D eigenvalue weighted by Gasteiger charge is 2.46. The highest BCUT2D eigenvalue weighted by molar-refractivity contribution is 6.46. The number of hydrogen-bond acceptors (Lipinski definition) is 5. The first-order valence-electron chi connectivity index (χ1n) is 10.7. The zero-order chi connectivity index (χ0) is 23.3. The highest BCUT2D eigenvalue weighted by Crippen LogP contribution is 2.40. The number of unbranched alkanes of at least 4 members (excludes halogenated alkanes) is 1. The van der Waals surface area contributed by atoms with Crippen LogP contribution >= 0.6 is 0 Å². The molecule has 2 aromatic rings. The van der Waals surface area contributed by atoms with Crippen LogP contribution in [0.25, 0.3) is 5.76 Å². The van der Waals surface area contributed by atoms with Crippen LogP contribution in [0.3, 0.4) is 0 Å². The van der Waals surface area contributed by atoms with Crippen LogP contribution in [0.15, 0.2) is 54.1 Å². The Kier molecular flexibility index (Phi) is 7.64. The highest BCUT2D eigenvalue weighted by atomic mass is 19.1. The fraction of sp³-hybridized carbons (Fsp3) is 0.360. The van der Waals surface area contributed by atoms with E-state index in [9.17, 15) is 19.1 Å². The monoisotopic (exact) mass is 440 g/mol. The number of halogens is 1. The third-order valence-corrected chi connectivity index (χ3v) is 5.39. The van der Waals surface area contributed by atoms with E-state index in [4.69, 9.17) is 4.74 Å². The van der Waals surface area contributed by atoms with Crippen LogP contribution in [0.5, 0.6) is 5.75 Å². The molecule has 1 amide bonds. The van der Waals surface area contributed by atoms with Crippen LogP contribution in [0.2, 0.25) is 0 Å². The standard InChI is InChI=1S/C25H29FN2O4/c1-4-5-15-32-20-8-6-7-18(16-20)22-21(23(29)17-9-11-19(26)12-10-17)24(30)25(31)28(22)14-13-27(2)3/h6-12,16,22,29H,4-5,13-15H2,1-3H3/b23-21+. The van der Waals surface area contributed by atoms with Crippen LogP contribution in [0.4, 0.5) is 4.39 Å². The van der Waals surface area contributed by atoms with E-state index in [1.807, 2.05) is 31.1 Å². The third-order valence-electron chi connectivity index (χ3n) is 5.39. The summed E-state index contributed by atoms with van der Waals surface area (Å²) in [5.41, 5.74) is 0.934. The molecule has 0 aromatic heterocycles. The zero-order valence-corrected chi connectivity index (χ0v) is 18.7. The van der Waals surface area contributed by atoms with Crippen LogP contribution in [0, 0.1) is 5.82 Å². The lowest BCUT2D eigenvalue weighted by Gasteiger charge is -2.27. The lowest BCUT2D eigenvalue weighted by Crippen LogP contribution is -2.35. The summed E-state index contributed by atoms with van der Waals surface area (Å²) < 4.78 is 19.2. The third kappa shape index (κ3) is 5.16. The Morgan fingerprint density at radius 2 is 1.88 bits per heavy atom. The Hall–Kier alpha value is -3.19. The van der Waals surface area contributed by atoms with E-state index in [1.54, 1.807) is 12.1 Å². The number of ether oxygens (including phenoxy) is 1. The first-order valence-corrected chi connectivity index (χ1v) is 10.7. The van der Waals surface area contributed by atoms with Gasteiger partial charge in [0, 0.05) is 18.7 Å². The lowest BCUT2D eigenvalue weighted by molar-refractivity contribution is -0.140. The minimum Gasteiger partial charge on any atom is -0.507 e. The second kappa shape index (κ2) is 10.4. The molecule has 32 heavy (non-hydrogen) atoms. The zero-order valence-electron chi connectivity index (χ0n) is 18.7. The van der Waals surface area contributed by atoms with Gasteiger partial charge in [-0.1, -0.05) is 25.5 Å². The molecule has 0 saturated carbocycles. The van der Waals surface area contributed by atoms with Gasteiger partial charge in [0.1, 0.15) is 17.3 Å². The Balaban J connectivity index is 2.07. The normalized spacial score (nSPS) is 17.9. The van der Waals surface area contributed by atoms with Gasteiger partial charge in [0.25, 0.3) is 11.7 Å². The minimum absolute atomic E-state index is 0.00827. The van der Waals surface area contributed by atoms with E-state index in [1.165, 1.54) is 29.2 Å². The number of rotatable bonds is 9. The SMILES string of the molecule is CCCCOc1cccc(C2/C(=C(\O)c3ccc(F)cc3)C(=O)C(=O)N2CCN(C)C)c1. The number of amides is 1. The number of Topliss-reactive ketones (excluding diaryl/α,β-unsaturated/α-hetero) is 1. The molecule has 1 heterocycles. The Morgan fingerprint density at radius 3 is 2.53 bits per heavy atom. The summed E-state index contributed by atoms with van der Waals surface area (Å²) in [7, 11) is 3.76. The number of benzene rings is 2. The van der Waals surface area contributed by atoms with Crippen molar-refractivity contribution in [2.45, 2.75) is 25.8 Å². The molecule has 1 atom stereocenters. The van der Waals surface area contributed by atoms with Crippen molar-refractivity contribution in [3.63, 3.8) is 0 Å². The molecule has 1 fully saturated rings. The number of carbonyl (C=O) groups excluding carboxylic acids is 2. The second-order valence-corrected chi connectivity index (χ2v) is 8.08. The maximum atomic E-state index is 13.4. The van der Waals surface area contributed by atoms with Gasteiger partial charge >= 0.3 is 0 Å². The van der Waals surface area contributed by atoms with Gasteiger partial charge in [-0.2, -0.15) is 0 Å². The second-order valence-electron chi connectivity index (χ2n) is 8.08. The average molecular weight is 441 g/mol. The van der Waals surface area contributed by atoms with E-state index in [-0.39, 0.29) is 16.9 Å². The van der Waals surface area contributed by atoms with E-state index in [2.05, 4.69) is 6.92 Å². The molecule has 1 aliphatic heterocycles. The molecule has 1 saturated heterocycles. The molecule has 0 bridgehead atoms. The summed E-state index contributed by atoms with van der Waals surface area (Å²) >= 11 is 0. The van der Waals surface area contributed by atoms with E-state index in [0.717, 1.165) is 12.8 Å². The smallest absolute Gasteiger partial charge is 0.295 e. The number of carbonyl (C=O) groups is 2. The van der Waals surface area contributed by atoms with Crippen molar-refractivity contribution in [3.05, 3.63) is 71.0 Å². The maximum absolute atomic E-state index is 13.4. The molecule has 7 heteroatoms. The largest absolute Gasteiger partial charge is 0.507 e. The summed E-state index contributed by atoms with van der Waals surface area (Å²) in [6, 6.07) is 11.7. The molecule has 170 valence electrons. The number of nitrogens with zero attached hydrogens (tertiary/aromatic N) is 2. The van der Waals surface area contributed by atoms with Crippen molar-refractivity contribution in [1.82, 2.24) is 9.80 Å². The number of likely N-dealkylation sites (tertiary alicyclic amines) is 1. The van der Waals surface area contributed by atoms with Crippen molar-refractivity contribution in [2.75, 3.05) is 33.8 Å². The molecule has 0 spiro atoms. The van der Waals surface area contributed by atoms with Crippen molar-refractivity contribution >= 4 is 17.4 Å². The topological polar surface area (TPSA) is 70.1 Å². The van der Waals surface area contributed by atoms with Gasteiger partial charge < -0.3 is 19.6 Å². The molecule has 0 radical (unpaired) electrons. The first-order chi connectivity index (χ1) is 15.3. The van der Waals surface area contributed by atoms with Crippen molar-refractivity contribution in [3.8, 4) is 5.75 Å². The molecule has 6 nitrogen and oxygen atoms in total. The van der Waals surface area contributed by atoms with Gasteiger partial charge in [-0.3, -0.25) is 9.59 Å². The molecule has 1 unspecified atom stereocenters. The molecule has 1 aliphatic rings. The van der Waals surface area contributed by atoms with Crippen LogP contribution in [0.1, 0.15) is 36.9 Å². The van der Waals surface area contributed by atoms with E-state index >= 15 is 0 Å². The summed E-state index contributed by atoms with van der Waals surface area (Å²) in [5, 5.41) is 11.0. The first kappa shape index (κ1) is 23.5. The van der Waals surface area contributed by atoms with Gasteiger partial charge in [-0.15, -0.1) is 0 Å². The predicted molar refractivity (Wildman–Crippen MR) is 121 cm³/mol. The van der Waals surface area contributed by atoms with Crippen molar-refractivity contribution < 1.29 is 23.8 Å². The van der Waals surface area contributed by atoms with Gasteiger partial charge in [0.2, 0.25) is 0 Å². The van der Waals surface area contributed by atoms with Crippen LogP contribution in [-0.4, -0.2) is 60.4 Å². The molecule has 0 aliphatic carbocycles. The molecule has 1 N–H and O–H groups in total. The number of aliphatic hydroxyl groups is 1. The number of likely N-dealkylation sites (N-methyl/N-ethyl adjacent to an activating group) is 1. The summed E-state index contributed by atoms with van der Waals surface area (Å²) in [5.74, 6) is -1.57. The van der Waals surface area contributed by atoms with Gasteiger partial charge in [-0.25, -0.2) is 4.39 Å². The van der Waals surface area contributed by atoms with Gasteiger partial charge in [0.05, 0.1) is 18.2 Å². The van der Waals surface area contributed by atoms with Gasteiger partial charge in [0.15, 0.2) is 0 Å². The Labute approximate surface area is 187 Å². The quantitative estimate of drug-likeness (QED) is 0.276. The van der Waals surface area contributed by atoms with Crippen molar-refractivity contribution in [1.29, 1.82) is 0 Å². The fourth-order valence-corrected chi connectivity index (χ4v) is 3.64. The van der Waals surface area contributed by atoms with Crippen LogP contribution < -0.4 is 4.74 Å². The number of aliphatic hydroxyl groups excluding tert-OH is 1. The van der Waals surface area contributed by atoms with Gasteiger partial charge in [-0.05, 0) is 62.5 Å². The fourth-order valence-electron chi connectivity index (χ4n) is 3.64. The van der Waals surface area contributed by atoms with Crippen molar-refractivity contribution in [2.24, 2.45) is 0 Å².